The molecule has 2 N–H and O–H groups in total. The second kappa shape index (κ2) is 7.03. The monoisotopic (exact) mass is 375 g/mol. The van der Waals surface area contributed by atoms with Crippen LogP contribution in [0.2, 0.25) is 0 Å². The highest BCUT2D eigenvalue weighted by atomic mass is 16.3. The molecule has 7 heteroatoms. The minimum Gasteiger partial charge on any atom is -0.466 e. The largest absolute Gasteiger partial charge is 0.466 e. The molecular formula is C21H17N3O4. The number of nitrogens with zero attached hydrogens (tertiary/aromatic N) is 1. The first-order chi connectivity index (χ1) is 13.5. The number of para-hydroxylation sites is 1. The fourth-order valence-corrected chi connectivity index (χ4v) is 3.02. The van der Waals surface area contributed by atoms with Crippen molar-refractivity contribution in [2.45, 2.75) is 13.8 Å². The Morgan fingerprint density at radius 2 is 1.68 bits per heavy atom. The summed E-state index contributed by atoms with van der Waals surface area (Å²) in [6.07, 6.45) is 1.54. The van der Waals surface area contributed by atoms with Gasteiger partial charge in [0.2, 0.25) is 0 Å². The lowest BCUT2D eigenvalue weighted by molar-refractivity contribution is 0.0846. The molecular weight excluding hydrogens is 358 g/mol. The van der Waals surface area contributed by atoms with Gasteiger partial charge in [-0.2, -0.15) is 0 Å². The quantitative estimate of drug-likeness (QED) is 0.531. The fourth-order valence-electron chi connectivity index (χ4n) is 3.02. The van der Waals surface area contributed by atoms with Crippen LogP contribution in [0.5, 0.6) is 0 Å². The van der Waals surface area contributed by atoms with Gasteiger partial charge < -0.3 is 8.83 Å². The lowest BCUT2D eigenvalue weighted by Gasteiger charge is -2.10. The number of rotatable bonds is 3. The Morgan fingerprint density at radius 3 is 2.36 bits per heavy atom. The van der Waals surface area contributed by atoms with Crippen molar-refractivity contribution in [1.82, 2.24) is 15.8 Å². The van der Waals surface area contributed by atoms with Gasteiger partial charge in [-0.3, -0.25) is 20.4 Å². The predicted molar refractivity (Wildman–Crippen MR) is 103 cm³/mol. The van der Waals surface area contributed by atoms with E-state index in [2.05, 4.69) is 15.8 Å². The van der Waals surface area contributed by atoms with Gasteiger partial charge in [-0.25, -0.2) is 4.98 Å². The average Bonchev–Trinajstić information content (AvgIpc) is 3.34. The van der Waals surface area contributed by atoms with E-state index in [1.165, 1.54) is 0 Å². The highest BCUT2D eigenvalue weighted by Gasteiger charge is 2.17. The molecule has 7 nitrogen and oxygen atoms in total. The van der Waals surface area contributed by atoms with Crippen molar-refractivity contribution in [2.75, 3.05) is 0 Å². The van der Waals surface area contributed by atoms with E-state index in [1.807, 2.05) is 18.2 Å². The van der Waals surface area contributed by atoms with E-state index < -0.39 is 11.8 Å². The molecule has 0 atom stereocenters. The van der Waals surface area contributed by atoms with Gasteiger partial charge in [0.15, 0.2) is 5.76 Å². The van der Waals surface area contributed by atoms with Crippen molar-refractivity contribution in [3.05, 3.63) is 77.4 Å². The Hall–Kier alpha value is -3.87. The summed E-state index contributed by atoms with van der Waals surface area (Å²) < 4.78 is 10.7. The van der Waals surface area contributed by atoms with Crippen molar-refractivity contribution in [3.63, 3.8) is 0 Å². The Kier molecular flexibility index (Phi) is 4.41. The molecule has 0 saturated carbocycles. The molecule has 4 rings (SSSR count). The number of aromatic nitrogens is 1. The first-order valence-corrected chi connectivity index (χ1v) is 8.64. The van der Waals surface area contributed by atoms with E-state index in [0.717, 1.165) is 0 Å². The van der Waals surface area contributed by atoms with Crippen LogP contribution in [0.15, 0.2) is 63.6 Å². The van der Waals surface area contributed by atoms with Gasteiger partial charge in [-0.05, 0) is 44.2 Å². The number of furan rings is 2. The minimum atomic E-state index is -0.461. The third kappa shape index (κ3) is 3.25. The van der Waals surface area contributed by atoms with Crippen LogP contribution >= 0.6 is 0 Å². The molecule has 4 aromatic rings. The highest BCUT2D eigenvalue weighted by Crippen LogP contribution is 2.25. The summed E-state index contributed by atoms with van der Waals surface area (Å²) in [5.74, 6) is 0.745. The number of benzene rings is 1. The fraction of sp³-hybridized carbons (Fsp3) is 0.0952. The van der Waals surface area contributed by atoms with Gasteiger partial charge in [0.1, 0.15) is 17.2 Å². The molecule has 0 spiro atoms. The van der Waals surface area contributed by atoms with Gasteiger partial charge in [-0.1, -0.05) is 18.2 Å². The van der Waals surface area contributed by atoms with E-state index in [9.17, 15) is 9.59 Å². The van der Waals surface area contributed by atoms with Crippen molar-refractivity contribution in [3.8, 4) is 11.5 Å². The van der Waals surface area contributed by atoms with Crippen LogP contribution in [-0.2, 0) is 0 Å². The van der Waals surface area contributed by atoms with Crippen molar-refractivity contribution in [1.29, 1.82) is 0 Å². The zero-order valence-electron chi connectivity index (χ0n) is 15.3. The molecule has 3 aromatic heterocycles. The van der Waals surface area contributed by atoms with Gasteiger partial charge in [-0.15, -0.1) is 0 Å². The van der Waals surface area contributed by atoms with Crippen LogP contribution in [0, 0.1) is 13.8 Å². The zero-order chi connectivity index (χ0) is 19.7. The number of aryl methyl sites for hydroxylation is 2. The lowest BCUT2D eigenvalue weighted by atomic mass is 10.1. The molecule has 140 valence electrons. The molecule has 2 amide bonds. The summed E-state index contributed by atoms with van der Waals surface area (Å²) in [6, 6.07) is 14.1. The van der Waals surface area contributed by atoms with Crippen molar-refractivity contribution < 1.29 is 18.4 Å². The maximum Gasteiger partial charge on any atom is 0.273 e. The van der Waals surface area contributed by atoms with Crippen LogP contribution in [0.25, 0.3) is 22.4 Å². The van der Waals surface area contributed by atoms with Gasteiger partial charge in [0, 0.05) is 5.39 Å². The minimum absolute atomic E-state index is 0.369. The number of hydrazine groups is 1. The smallest absolute Gasteiger partial charge is 0.273 e. The second-order valence-corrected chi connectivity index (χ2v) is 6.28. The molecule has 0 radical (unpaired) electrons. The Balaban J connectivity index is 1.63. The summed E-state index contributed by atoms with van der Waals surface area (Å²) >= 11 is 0. The highest BCUT2D eigenvalue weighted by molar-refractivity contribution is 6.08. The normalized spacial score (nSPS) is 10.8. The van der Waals surface area contributed by atoms with Crippen molar-refractivity contribution >= 4 is 22.7 Å². The van der Waals surface area contributed by atoms with Gasteiger partial charge >= 0.3 is 0 Å². The van der Waals surface area contributed by atoms with E-state index in [4.69, 9.17) is 8.83 Å². The maximum absolute atomic E-state index is 12.8. The average molecular weight is 375 g/mol. The molecule has 28 heavy (non-hydrogen) atoms. The SMILES string of the molecule is Cc1cc(C(=O)NNC(=O)c2cc(-c3ccco3)nc3ccccc23)c(C)o1. The van der Waals surface area contributed by atoms with E-state index in [0.29, 0.717) is 45.0 Å². The third-order valence-electron chi connectivity index (χ3n) is 4.31. The van der Waals surface area contributed by atoms with Crippen LogP contribution in [-0.4, -0.2) is 16.8 Å². The Labute approximate surface area is 160 Å². The third-order valence-corrected chi connectivity index (χ3v) is 4.31. The van der Waals surface area contributed by atoms with Crippen LogP contribution in [0.4, 0.5) is 0 Å². The summed E-state index contributed by atoms with van der Waals surface area (Å²) in [5, 5.41) is 0.667. The molecule has 0 aliphatic rings. The first kappa shape index (κ1) is 17.5. The van der Waals surface area contributed by atoms with Crippen LogP contribution in [0.3, 0.4) is 0 Å². The summed E-state index contributed by atoms with van der Waals surface area (Å²) in [5.41, 5.74) is 6.81. The summed E-state index contributed by atoms with van der Waals surface area (Å²) in [4.78, 5) is 29.7. The molecule has 1 aromatic carbocycles. The Morgan fingerprint density at radius 1 is 0.929 bits per heavy atom. The molecule has 0 saturated heterocycles. The van der Waals surface area contributed by atoms with Crippen molar-refractivity contribution in [2.24, 2.45) is 0 Å². The number of hydrogen-bond donors (Lipinski definition) is 2. The summed E-state index contributed by atoms with van der Waals surface area (Å²) in [7, 11) is 0. The Bertz CT molecular complexity index is 1180. The van der Waals surface area contributed by atoms with E-state index >= 15 is 0 Å². The van der Waals surface area contributed by atoms with Crippen LogP contribution in [0.1, 0.15) is 32.2 Å². The second-order valence-electron chi connectivity index (χ2n) is 6.28. The van der Waals surface area contributed by atoms with Gasteiger partial charge in [0.05, 0.1) is 22.9 Å². The number of carbonyl (C=O) groups excluding carboxylic acids is 2. The number of pyridine rings is 1. The molecule has 0 unspecified atom stereocenters. The number of fused-ring (bicyclic) bond motifs is 1. The molecule has 0 aliphatic carbocycles. The molecule has 0 fully saturated rings. The van der Waals surface area contributed by atoms with E-state index in [-0.39, 0.29) is 0 Å². The molecule has 0 aliphatic heterocycles. The first-order valence-electron chi connectivity index (χ1n) is 8.64. The number of amides is 2. The van der Waals surface area contributed by atoms with Crippen LogP contribution < -0.4 is 10.9 Å². The zero-order valence-corrected chi connectivity index (χ0v) is 15.3. The van der Waals surface area contributed by atoms with Gasteiger partial charge in [0.25, 0.3) is 11.8 Å². The topological polar surface area (TPSA) is 97.4 Å². The standard InChI is InChI=1S/C21H17N3O4/c1-12-10-15(13(2)28-12)20(25)23-24-21(26)16-11-18(19-8-5-9-27-19)22-17-7-4-3-6-14(16)17/h3-11H,1-2H3,(H,23,25)(H,24,26). The maximum atomic E-state index is 12.8. The van der Waals surface area contributed by atoms with E-state index in [1.54, 1.807) is 50.4 Å². The number of hydrogen-bond acceptors (Lipinski definition) is 5. The number of nitrogens with one attached hydrogen (secondary N) is 2. The molecule has 3 heterocycles. The number of carbonyl (C=O) groups is 2. The predicted octanol–water partition coefficient (Wildman–Crippen LogP) is 3.78. The summed E-state index contributed by atoms with van der Waals surface area (Å²) in [6.45, 7) is 3.44. The lowest BCUT2D eigenvalue weighted by Crippen LogP contribution is -2.41. The molecule has 0 bridgehead atoms.